The van der Waals surface area contributed by atoms with E-state index in [4.69, 9.17) is 5.11 Å². The van der Waals surface area contributed by atoms with Gasteiger partial charge in [0.25, 0.3) is 0 Å². The van der Waals surface area contributed by atoms with E-state index >= 15 is 0 Å². The highest BCUT2D eigenvalue weighted by Gasteiger charge is 2.13. The third-order valence-electron chi connectivity index (χ3n) is 3.23. The van der Waals surface area contributed by atoms with Gasteiger partial charge in [-0.1, -0.05) is 12.1 Å². The van der Waals surface area contributed by atoms with Crippen LogP contribution in [0.25, 0.3) is 10.6 Å². The minimum absolute atomic E-state index is 0.00143. The van der Waals surface area contributed by atoms with Gasteiger partial charge in [0.2, 0.25) is 0 Å². The molecule has 0 spiro atoms. The molecule has 0 saturated heterocycles. The third kappa shape index (κ3) is 2.16. The molecule has 4 heteroatoms. The van der Waals surface area contributed by atoms with E-state index in [2.05, 4.69) is 23.2 Å². The highest BCUT2D eigenvalue weighted by Crippen LogP contribution is 2.29. The minimum atomic E-state index is -0.833. The van der Waals surface area contributed by atoms with Crippen LogP contribution in [0.3, 0.4) is 0 Å². The number of rotatable bonds is 3. The zero-order valence-corrected chi connectivity index (χ0v) is 10.7. The van der Waals surface area contributed by atoms with E-state index in [1.54, 1.807) is 0 Å². The van der Waals surface area contributed by atoms with Crippen LogP contribution in [0.15, 0.2) is 23.6 Å². The fourth-order valence-electron chi connectivity index (χ4n) is 2.38. The maximum atomic E-state index is 10.6. The molecular formula is C14H13NO2S. The van der Waals surface area contributed by atoms with Gasteiger partial charge < -0.3 is 5.11 Å². The Morgan fingerprint density at radius 3 is 3.00 bits per heavy atom. The van der Waals surface area contributed by atoms with Crippen LogP contribution in [0.5, 0.6) is 0 Å². The van der Waals surface area contributed by atoms with E-state index in [0.29, 0.717) is 5.69 Å². The zero-order valence-electron chi connectivity index (χ0n) is 9.85. The molecule has 1 aliphatic carbocycles. The van der Waals surface area contributed by atoms with Crippen molar-refractivity contribution in [3.8, 4) is 10.6 Å². The summed E-state index contributed by atoms with van der Waals surface area (Å²) in [5.74, 6) is -0.833. The molecule has 3 nitrogen and oxygen atoms in total. The summed E-state index contributed by atoms with van der Waals surface area (Å²) in [5, 5.41) is 11.5. The summed E-state index contributed by atoms with van der Waals surface area (Å²) in [4.78, 5) is 15.0. The highest BCUT2D eigenvalue weighted by molar-refractivity contribution is 7.13. The summed E-state index contributed by atoms with van der Waals surface area (Å²) in [7, 11) is 0. The monoisotopic (exact) mass is 259 g/mol. The first-order valence-electron chi connectivity index (χ1n) is 6.01. The van der Waals surface area contributed by atoms with E-state index in [1.165, 1.54) is 35.3 Å². The molecule has 1 heterocycles. The number of carboxylic acids is 1. The van der Waals surface area contributed by atoms with Gasteiger partial charge in [0.1, 0.15) is 5.01 Å². The van der Waals surface area contributed by atoms with Crippen molar-refractivity contribution < 1.29 is 9.90 Å². The second-order valence-electron chi connectivity index (χ2n) is 4.55. The summed E-state index contributed by atoms with van der Waals surface area (Å²) < 4.78 is 0. The van der Waals surface area contributed by atoms with Gasteiger partial charge in [-0.2, -0.15) is 0 Å². The van der Waals surface area contributed by atoms with Gasteiger partial charge in [-0.15, -0.1) is 11.3 Å². The molecule has 0 aliphatic heterocycles. The van der Waals surface area contributed by atoms with Crippen molar-refractivity contribution in [2.75, 3.05) is 0 Å². The Kier molecular flexibility index (Phi) is 2.88. The van der Waals surface area contributed by atoms with Crippen molar-refractivity contribution in [1.82, 2.24) is 4.98 Å². The topological polar surface area (TPSA) is 50.2 Å². The fraction of sp³-hybridized carbons (Fsp3) is 0.286. The van der Waals surface area contributed by atoms with Crippen LogP contribution >= 0.6 is 11.3 Å². The lowest BCUT2D eigenvalue weighted by Crippen LogP contribution is -1.99. The molecule has 92 valence electrons. The summed E-state index contributed by atoms with van der Waals surface area (Å²) in [5.41, 5.74) is 4.61. The minimum Gasteiger partial charge on any atom is -0.481 e. The number of nitrogens with zero attached hydrogens (tertiary/aromatic N) is 1. The van der Waals surface area contributed by atoms with Crippen molar-refractivity contribution in [2.24, 2.45) is 0 Å². The summed E-state index contributed by atoms with van der Waals surface area (Å²) >= 11 is 1.52. The largest absolute Gasteiger partial charge is 0.481 e. The average molecular weight is 259 g/mol. The fourth-order valence-corrected chi connectivity index (χ4v) is 3.20. The van der Waals surface area contributed by atoms with E-state index in [1.807, 2.05) is 5.38 Å². The first kappa shape index (κ1) is 11.4. The number of hydrogen-bond acceptors (Lipinski definition) is 3. The van der Waals surface area contributed by atoms with Gasteiger partial charge in [-0.25, -0.2) is 4.98 Å². The van der Waals surface area contributed by atoms with Gasteiger partial charge in [-0.3, -0.25) is 4.79 Å². The normalized spacial score (nSPS) is 13.6. The number of aliphatic carboxylic acids is 1. The van der Waals surface area contributed by atoms with Crippen LogP contribution < -0.4 is 0 Å². The van der Waals surface area contributed by atoms with Gasteiger partial charge >= 0.3 is 5.97 Å². The molecule has 1 aromatic heterocycles. The Bertz CT molecular complexity index is 604. The molecule has 0 amide bonds. The Balaban J connectivity index is 1.90. The standard InChI is InChI=1S/C14H13NO2S/c16-13(17)7-12-8-18-14(15-12)11-5-4-9-2-1-3-10(9)6-11/h4-6,8H,1-3,7H2,(H,16,17). The third-order valence-corrected chi connectivity index (χ3v) is 4.17. The molecule has 2 aromatic rings. The Hall–Kier alpha value is -1.68. The first-order valence-corrected chi connectivity index (χ1v) is 6.89. The number of carbonyl (C=O) groups is 1. The molecule has 0 unspecified atom stereocenters. The Morgan fingerprint density at radius 2 is 2.17 bits per heavy atom. The number of aromatic nitrogens is 1. The van der Waals surface area contributed by atoms with Crippen LogP contribution in [0, 0.1) is 0 Å². The van der Waals surface area contributed by atoms with Gasteiger partial charge in [0.15, 0.2) is 0 Å². The maximum absolute atomic E-state index is 10.6. The smallest absolute Gasteiger partial charge is 0.309 e. The van der Waals surface area contributed by atoms with Gasteiger partial charge in [-0.05, 0) is 36.5 Å². The van der Waals surface area contributed by atoms with Crippen molar-refractivity contribution in [3.05, 3.63) is 40.4 Å². The van der Waals surface area contributed by atoms with Crippen LogP contribution in [0.4, 0.5) is 0 Å². The summed E-state index contributed by atoms with van der Waals surface area (Å²) in [6.45, 7) is 0. The lowest BCUT2D eigenvalue weighted by Gasteiger charge is -2.01. The molecule has 0 bridgehead atoms. The lowest BCUT2D eigenvalue weighted by molar-refractivity contribution is -0.136. The number of hydrogen-bond donors (Lipinski definition) is 1. The average Bonchev–Trinajstić information content (AvgIpc) is 2.95. The van der Waals surface area contributed by atoms with Crippen LogP contribution in [0.1, 0.15) is 23.2 Å². The maximum Gasteiger partial charge on any atom is 0.309 e. The van der Waals surface area contributed by atoms with Crippen molar-refractivity contribution in [3.63, 3.8) is 0 Å². The lowest BCUT2D eigenvalue weighted by atomic mass is 10.1. The van der Waals surface area contributed by atoms with E-state index in [9.17, 15) is 4.79 Å². The molecule has 18 heavy (non-hydrogen) atoms. The summed E-state index contributed by atoms with van der Waals surface area (Å²) in [6.07, 6.45) is 3.57. The SMILES string of the molecule is O=C(O)Cc1csc(-c2ccc3c(c2)CCC3)n1. The molecule has 1 N–H and O–H groups in total. The van der Waals surface area contributed by atoms with Crippen LogP contribution in [-0.4, -0.2) is 16.1 Å². The molecule has 0 atom stereocenters. The van der Waals surface area contributed by atoms with Gasteiger partial charge in [0, 0.05) is 10.9 Å². The van der Waals surface area contributed by atoms with Gasteiger partial charge in [0.05, 0.1) is 12.1 Å². The highest BCUT2D eigenvalue weighted by atomic mass is 32.1. The Labute approximate surface area is 109 Å². The van der Waals surface area contributed by atoms with E-state index in [-0.39, 0.29) is 6.42 Å². The second kappa shape index (κ2) is 4.53. The molecule has 1 aromatic carbocycles. The number of carboxylic acid groups (broad SMARTS) is 1. The molecular weight excluding hydrogens is 246 g/mol. The molecule has 0 fully saturated rings. The molecule has 3 rings (SSSR count). The van der Waals surface area contributed by atoms with Crippen molar-refractivity contribution in [2.45, 2.75) is 25.7 Å². The molecule has 0 radical (unpaired) electrons. The zero-order chi connectivity index (χ0) is 12.5. The first-order chi connectivity index (χ1) is 8.72. The summed E-state index contributed by atoms with van der Waals surface area (Å²) in [6, 6.07) is 6.47. The van der Waals surface area contributed by atoms with E-state index < -0.39 is 5.97 Å². The Morgan fingerprint density at radius 1 is 1.33 bits per heavy atom. The predicted molar refractivity (Wildman–Crippen MR) is 70.9 cm³/mol. The predicted octanol–water partition coefficient (Wildman–Crippen LogP) is 2.93. The second-order valence-corrected chi connectivity index (χ2v) is 5.41. The number of fused-ring (bicyclic) bond motifs is 1. The van der Waals surface area contributed by atoms with Crippen molar-refractivity contribution >= 4 is 17.3 Å². The number of aryl methyl sites for hydroxylation is 2. The van der Waals surface area contributed by atoms with Crippen LogP contribution in [0.2, 0.25) is 0 Å². The van der Waals surface area contributed by atoms with Crippen molar-refractivity contribution in [1.29, 1.82) is 0 Å². The van der Waals surface area contributed by atoms with Crippen LogP contribution in [-0.2, 0) is 24.1 Å². The molecule has 0 saturated carbocycles. The quantitative estimate of drug-likeness (QED) is 0.922. The number of thiazole rings is 1. The number of benzene rings is 1. The molecule has 1 aliphatic rings. The van der Waals surface area contributed by atoms with E-state index in [0.717, 1.165) is 17.0 Å².